The van der Waals surface area contributed by atoms with Gasteiger partial charge >= 0.3 is 6.03 Å². The average molecular weight is 578 g/mol. The molecule has 5 rings (SSSR count). The van der Waals surface area contributed by atoms with Crippen LogP contribution in [0.25, 0.3) is 0 Å². The number of para-hydroxylation sites is 1. The number of carbonyl (C=O) groups excluding carboxylic acids is 3. The number of anilines is 2. The van der Waals surface area contributed by atoms with Crippen LogP contribution < -0.4 is 20.3 Å². The molecule has 0 bridgehead atoms. The number of Topliss-reactive ketones (excluding diaryl/α,β-unsaturated/α-hetero) is 1. The summed E-state index contributed by atoms with van der Waals surface area (Å²) in [5.41, 5.74) is 2.89. The smallest absolute Gasteiger partial charge is 0.321 e. The number of benzodiazepines with no additional fused rings is 1. The summed E-state index contributed by atoms with van der Waals surface area (Å²) >= 11 is 0. The van der Waals surface area contributed by atoms with Crippen molar-refractivity contribution in [3.05, 3.63) is 129 Å². The Balaban J connectivity index is 1.54. The standard InChI is InChI=1S/C32H27N5O6/c1-20-10-6-7-13-23(20)28(38)19-36-26-15-9-8-14-24(26)29(21-11-4-3-5-12-21)34-30(31(36)39)35-32(40)33-25-17-16-22(43-2)18-27(25)37(41)42/h3-18,30H,19H2,1-2H3,(H2,33,35,40)/t30-/m1/s1. The van der Waals surface area contributed by atoms with Crippen molar-refractivity contribution in [1.29, 1.82) is 0 Å². The second-order valence-electron chi connectivity index (χ2n) is 9.66. The molecule has 11 heteroatoms. The molecule has 2 N–H and O–H groups in total. The molecule has 1 aliphatic heterocycles. The first-order valence-electron chi connectivity index (χ1n) is 13.3. The molecule has 3 amide bonds. The molecule has 4 aromatic rings. The molecule has 0 spiro atoms. The molecule has 0 fully saturated rings. The van der Waals surface area contributed by atoms with E-state index in [0.29, 0.717) is 28.1 Å². The molecular formula is C32H27N5O6. The first-order valence-corrected chi connectivity index (χ1v) is 13.3. The number of aryl methyl sites for hydroxylation is 1. The quantitative estimate of drug-likeness (QED) is 0.169. The highest BCUT2D eigenvalue weighted by atomic mass is 16.6. The number of ketones is 1. The van der Waals surface area contributed by atoms with Gasteiger partial charge in [-0.25, -0.2) is 9.79 Å². The molecule has 0 radical (unpaired) electrons. The van der Waals surface area contributed by atoms with Crippen LogP contribution in [0.1, 0.15) is 27.0 Å². The maximum atomic E-state index is 14.1. The molecule has 0 aromatic heterocycles. The van der Waals surface area contributed by atoms with Crippen molar-refractivity contribution in [2.24, 2.45) is 4.99 Å². The number of urea groups is 1. The number of carbonyl (C=O) groups is 3. The second-order valence-corrected chi connectivity index (χ2v) is 9.66. The van der Waals surface area contributed by atoms with Gasteiger partial charge in [-0.1, -0.05) is 72.8 Å². The Morgan fingerprint density at radius 1 is 0.977 bits per heavy atom. The van der Waals surface area contributed by atoms with Crippen LogP contribution in [0.4, 0.5) is 21.9 Å². The number of hydrogen-bond donors (Lipinski definition) is 2. The summed E-state index contributed by atoms with van der Waals surface area (Å²) in [5, 5.41) is 16.6. The van der Waals surface area contributed by atoms with Gasteiger partial charge in [0.25, 0.3) is 11.6 Å². The Hall–Kier alpha value is -5.84. The predicted molar refractivity (Wildman–Crippen MR) is 162 cm³/mol. The highest BCUT2D eigenvalue weighted by Crippen LogP contribution is 2.30. The molecule has 0 saturated heterocycles. The summed E-state index contributed by atoms with van der Waals surface area (Å²) in [6.07, 6.45) is -1.47. The van der Waals surface area contributed by atoms with Gasteiger partial charge in [0.15, 0.2) is 5.78 Å². The van der Waals surface area contributed by atoms with Gasteiger partial charge in [-0.3, -0.25) is 19.7 Å². The fourth-order valence-electron chi connectivity index (χ4n) is 4.80. The number of benzene rings is 4. The normalized spacial score (nSPS) is 14.2. The summed E-state index contributed by atoms with van der Waals surface area (Å²) in [6.45, 7) is 1.51. The van der Waals surface area contributed by atoms with E-state index in [-0.39, 0.29) is 23.8 Å². The van der Waals surface area contributed by atoms with Crippen molar-refractivity contribution >= 4 is 40.5 Å². The molecule has 4 aromatic carbocycles. The third kappa shape index (κ3) is 6.10. The fraction of sp³-hybridized carbons (Fsp3) is 0.125. The van der Waals surface area contributed by atoms with Crippen LogP contribution in [0.15, 0.2) is 102 Å². The van der Waals surface area contributed by atoms with Crippen LogP contribution in [0.2, 0.25) is 0 Å². The number of fused-ring (bicyclic) bond motifs is 1. The number of nitro groups is 1. The monoisotopic (exact) mass is 577 g/mol. The summed E-state index contributed by atoms with van der Waals surface area (Å²) in [5.74, 6) is -0.707. The Morgan fingerprint density at radius 2 is 1.67 bits per heavy atom. The molecule has 43 heavy (non-hydrogen) atoms. The van der Waals surface area contributed by atoms with E-state index in [2.05, 4.69) is 15.6 Å². The predicted octanol–water partition coefficient (Wildman–Crippen LogP) is 5.13. The zero-order valence-corrected chi connectivity index (χ0v) is 23.3. The van der Waals surface area contributed by atoms with Crippen LogP contribution in [-0.2, 0) is 4.79 Å². The summed E-state index contributed by atoms with van der Waals surface area (Å²) in [7, 11) is 1.37. The SMILES string of the molecule is COc1ccc(NC(=O)N[C@H]2N=C(c3ccccc3)c3ccccc3N(CC(=O)c3ccccc3C)C2=O)c([N+](=O)[O-])c1. The molecule has 0 saturated carbocycles. The van der Waals surface area contributed by atoms with Crippen molar-refractivity contribution in [3.8, 4) is 5.75 Å². The lowest BCUT2D eigenvalue weighted by Gasteiger charge is -2.25. The highest BCUT2D eigenvalue weighted by molar-refractivity contribution is 6.21. The summed E-state index contributed by atoms with van der Waals surface area (Å²) in [4.78, 5) is 57.7. The van der Waals surface area contributed by atoms with Crippen molar-refractivity contribution in [2.45, 2.75) is 13.1 Å². The average Bonchev–Trinajstić information content (AvgIpc) is 3.12. The van der Waals surface area contributed by atoms with Crippen molar-refractivity contribution < 1.29 is 24.0 Å². The number of nitrogens with one attached hydrogen (secondary N) is 2. The van der Waals surface area contributed by atoms with E-state index < -0.39 is 28.7 Å². The van der Waals surface area contributed by atoms with Crippen LogP contribution >= 0.6 is 0 Å². The van der Waals surface area contributed by atoms with E-state index in [4.69, 9.17) is 4.74 Å². The zero-order chi connectivity index (χ0) is 30.5. The first kappa shape index (κ1) is 28.7. The van der Waals surface area contributed by atoms with Crippen LogP contribution in [0.5, 0.6) is 5.75 Å². The maximum Gasteiger partial charge on any atom is 0.321 e. The third-order valence-electron chi connectivity index (χ3n) is 6.92. The van der Waals surface area contributed by atoms with Gasteiger partial charge in [-0.2, -0.15) is 0 Å². The van der Waals surface area contributed by atoms with E-state index in [1.807, 2.05) is 49.4 Å². The number of nitrogens with zero attached hydrogens (tertiary/aromatic N) is 3. The first-order chi connectivity index (χ1) is 20.8. The van der Waals surface area contributed by atoms with Gasteiger partial charge < -0.3 is 20.3 Å². The Bertz CT molecular complexity index is 1750. The Labute approximate surface area is 247 Å². The lowest BCUT2D eigenvalue weighted by molar-refractivity contribution is -0.384. The van der Waals surface area contributed by atoms with Crippen molar-refractivity contribution in [3.63, 3.8) is 0 Å². The van der Waals surface area contributed by atoms with Crippen LogP contribution in [0, 0.1) is 17.0 Å². The minimum atomic E-state index is -1.47. The Morgan fingerprint density at radius 3 is 2.40 bits per heavy atom. The number of rotatable bonds is 8. The van der Waals surface area contributed by atoms with Gasteiger partial charge in [-0.15, -0.1) is 0 Å². The van der Waals surface area contributed by atoms with E-state index in [1.54, 1.807) is 36.4 Å². The minimum Gasteiger partial charge on any atom is -0.496 e. The number of methoxy groups -OCH3 is 1. The molecule has 11 nitrogen and oxygen atoms in total. The van der Waals surface area contributed by atoms with Crippen molar-refractivity contribution in [2.75, 3.05) is 23.9 Å². The van der Waals surface area contributed by atoms with Crippen LogP contribution in [-0.4, -0.2) is 48.2 Å². The van der Waals surface area contributed by atoms with E-state index in [9.17, 15) is 24.5 Å². The largest absolute Gasteiger partial charge is 0.496 e. The molecule has 1 heterocycles. The maximum absolute atomic E-state index is 14.1. The molecule has 0 unspecified atom stereocenters. The molecule has 1 atom stereocenters. The number of nitro benzene ring substituents is 1. The van der Waals surface area contributed by atoms with Crippen molar-refractivity contribution in [1.82, 2.24) is 5.32 Å². The van der Waals surface area contributed by atoms with Gasteiger partial charge in [0.05, 0.1) is 36.0 Å². The summed E-state index contributed by atoms with van der Waals surface area (Å²) < 4.78 is 5.05. The Kier molecular flexibility index (Phi) is 8.24. The van der Waals surface area contributed by atoms with Gasteiger partial charge in [0.1, 0.15) is 11.4 Å². The summed E-state index contributed by atoms with van der Waals surface area (Å²) in [6, 6.07) is 26.4. The minimum absolute atomic E-state index is 0.105. The number of amides is 3. The van der Waals surface area contributed by atoms with Crippen LogP contribution in [0.3, 0.4) is 0 Å². The van der Waals surface area contributed by atoms with Gasteiger partial charge in [-0.05, 0) is 30.7 Å². The second kappa shape index (κ2) is 12.4. The lowest BCUT2D eigenvalue weighted by atomic mass is 9.99. The van der Waals surface area contributed by atoms with E-state index >= 15 is 0 Å². The lowest BCUT2D eigenvalue weighted by Crippen LogP contribution is -2.50. The van der Waals surface area contributed by atoms with E-state index in [0.717, 1.165) is 5.56 Å². The molecule has 0 aliphatic carbocycles. The highest BCUT2D eigenvalue weighted by Gasteiger charge is 2.34. The zero-order valence-electron chi connectivity index (χ0n) is 23.3. The number of ether oxygens (including phenoxy) is 1. The number of aliphatic imine (C=N–C) groups is 1. The third-order valence-corrected chi connectivity index (χ3v) is 6.92. The van der Waals surface area contributed by atoms with Gasteiger partial charge in [0.2, 0.25) is 6.17 Å². The molecule has 216 valence electrons. The molecule has 1 aliphatic rings. The molecular weight excluding hydrogens is 550 g/mol. The van der Waals surface area contributed by atoms with E-state index in [1.165, 1.54) is 30.2 Å². The fourth-order valence-corrected chi connectivity index (χ4v) is 4.80. The van der Waals surface area contributed by atoms with Gasteiger partial charge in [0, 0.05) is 16.7 Å². The number of hydrogen-bond acceptors (Lipinski definition) is 7. The topological polar surface area (TPSA) is 143 Å².